The van der Waals surface area contributed by atoms with Gasteiger partial charge in [-0.15, -0.1) is 0 Å². The van der Waals surface area contributed by atoms with Crippen molar-refractivity contribution in [3.8, 4) is 5.75 Å². The van der Waals surface area contributed by atoms with E-state index in [9.17, 15) is 9.18 Å². The number of benzene rings is 1. The Balaban J connectivity index is 3.38. The second-order valence-corrected chi connectivity index (χ2v) is 2.60. The molecule has 0 unspecified atom stereocenters. The number of nitrogens with two attached hydrogens (primary N) is 1. The van der Waals surface area contributed by atoms with Gasteiger partial charge in [0.25, 0.3) is 0 Å². The lowest BCUT2D eigenvalue weighted by Crippen LogP contribution is -2.04. The molecule has 0 amide bonds. The van der Waals surface area contributed by atoms with Crippen molar-refractivity contribution in [3.05, 3.63) is 23.5 Å². The van der Waals surface area contributed by atoms with Crippen LogP contribution in [0.2, 0.25) is 0 Å². The Morgan fingerprint density at radius 1 is 1.54 bits per heavy atom. The van der Waals surface area contributed by atoms with Crippen LogP contribution in [0, 0.1) is 5.82 Å². The van der Waals surface area contributed by atoms with Crippen molar-refractivity contribution in [3.63, 3.8) is 0 Å². The van der Waals surface area contributed by atoms with E-state index in [1.807, 2.05) is 0 Å². The van der Waals surface area contributed by atoms with E-state index in [1.54, 1.807) is 0 Å². The molecule has 0 aliphatic carbocycles. The Morgan fingerprint density at radius 3 is 2.62 bits per heavy atom. The van der Waals surface area contributed by atoms with Crippen LogP contribution >= 0.6 is 0 Å². The molecule has 0 heterocycles. The minimum atomic E-state index is -0.699. The van der Waals surface area contributed by atoms with Gasteiger partial charge < -0.3 is 10.5 Å². The lowest BCUT2D eigenvalue weighted by molar-refractivity contribution is 0.101. The Kier molecular flexibility index (Phi) is 2.51. The molecule has 1 aromatic carbocycles. The average molecular weight is 183 g/mol. The number of hydrogen-bond acceptors (Lipinski definition) is 3. The van der Waals surface area contributed by atoms with E-state index >= 15 is 0 Å². The van der Waals surface area contributed by atoms with Gasteiger partial charge in [0.1, 0.15) is 0 Å². The first-order chi connectivity index (χ1) is 6.07. The summed E-state index contributed by atoms with van der Waals surface area (Å²) in [6.45, 7) is 1.26. The summed E-state index contributed by atoms with van der Waals surface area (Å²) >= 11 is 0. The summed E-state index contributed by atoms with van der Waals surface area (Å²) in [5.41, 5.74) is 5.45. The zero-order chi connectivity index (χ0) is 10.0. The van der Waals surface area contributed by atoms with Gasteiger partial charge in [-0.2, -0.15) is 0 Å². The van der Waals surface area contributed by atoms with Crippen LogP contribution in [0.3, 0.4) is 0 Å². The third kappa shape index (κ3) is 1.61. The average Bonchev–Trinajstić information content (AvgIpc) is 2.04. The van der Waals surface area contributed by atoms with Gasteiger partial charge in [-0.25, -0.2) is 4.39 Å². The summed E-state index contributed by atoms with van der Waals surface area (Å²) in [6, 6.07) is 2.83. The van der Waals surface area contributed by atoms with Crippen molar-refractivity contribution in [2.75, 3.05) is 12.8 Å². The van der Waals surface area contributed by atoms with Crippen LogP contribution in [0.25, 0.3) is 0 Å². The van der Waals surface area contributed by atoms with Gasteiger partial charge in [0.2, 0.25) is 0 Å². The first-order valence-electron chi connectivity index (χ1n) is 3.70. The van der Waals surface area contributed by atoms with Crippen LogP contribution in [0.4, 0.5) is 10.1 Å². The minimum absolute atomic E-state index is 0.0272. The van der Waals surface area contributed by atoms with Crippen molar-refractivity contribution in [2.45, 2.75) is 6.92 Å². The van der Waals surface area contributed by atoms with Crippen LogP contribution in [0.1, 0.15) is 17.3 Å². The van der Waals surface area contributed by atoms with E-state index in [1.165, 1.54) is 26.2 Å². The number of carbonyl (C=O) groups is 1. The number of methoxy groups -OCH3 is 1. The molecule has 0 radical (unpaired) electrons. The third-order valence-electron chi connectivity index (χ3n) is 1.71. The second-order valence-electron chi connectivity index (χ2n) is 2.60. The number of carbonyl (C=O) groups excluding carboxylic acids is 1. The van der Waals surface area contributed by atoms with E-state index in [0.29, 0.717) is 0 Å². The molecule has 0 atom stereocenters. The predicted molar refractivity (Wildman–Crippen MR) is 47.4 cm³/mol. The molecule has 0 saturated heterocycles. The molecular weight excluding hydrogens is 173 g/mol. The minimum Gasteiger partial charge on any atom is -0.494 e. The summed E-state index contributed by atoms with van der Waals surface area (Å²) in [7, 11) is 1.33. The smallest absolute Gasteiger partial charge is 0.177 e. The summed E-state index contributed by atoms with van der Waals surface area (Å²) in [5.74, 6) is -1.08. The van der Waals surface area contributed by atoms with E-state index in [4.69, 9.17) is 10.5 Å². The van der Waals surface area contributed by atoms with E-state index in [0.717, 1.165) is 0 Å². The van der Waals surface area contributed by atoms with Crippen LogP contribution in [-0.2, 0) is 0 Å². The lowest BCUT2D eigenvalue weighted by Gasteiger charge is -2.07. The van der Waals surface area contributed by atoms with E-state index in [2.05, 4.69) is 0 Å². The molecule has 4 heteroatoms. The maximum atomic E-state index is 13.4. The predicted octanol–water partition coefficient (Wildman–Crippen LogP) is 1.62. The van der Waals surface area contributed by atoms with E-state index < -0.39 is 11.6 Å². The van der Waals surface area contributed by atoms with Gasteiger partial charge in [-0.05, 0) is 19.1 Å². The molecule has 3 nitrogen and oxygen atoms in total. The molecule has 1 rings (SSSR count). The molecule has 70 valence electrons. The van der Waals surface area contributed by atoms with Crippen molar-refractivity contribution in [1.82, 2.24) is 0 Å². The quantitative estimate of drug-likeness (QED) is 0.560. The fourth-order valence-corrected chi connectivity index (χ4v) is 1.09. The standard InChI is InChI=1S/C9H10FNO2/c1-5(12)8-6(11)3-4-7(13-2)9(8)10/h3-4H,11H2,1-2H3. The number of hydrogen-bond donors (Lipinski definition) is 1. The highest BCUT2D eigenvalue weighted by atomic mass is 19.1. The summed E-state index contributed by atoms with van der Waals surface area (Å²) in [5, 5.41) is 0. The fourth-order valence-electron chi connectivity index (χ4n) is 1.09. The normalized spacial score (nSPS) is 9.77. The maximum absolute atomic E-state index is 13.4. The molecule has 0 aliphatic heterocycles. The van der Waals surface area contributed by atoms with Gasteiger partial charge in [0.15, 0.2) is 17.3 Å². The van der Waals surface area contributed by atoms with E-state index in [-0.39, 0.29) is 17.0 Å². The SMILES string of the molecule is COc1ccc(N)c(C(C)=O)c1F. The molecule has 0 aliphatic rings. The first kappa shape index (κ1) is 9.51. The second kappa shape index (κ2) is 3.43. The Bertz CT molecular complexity index is 350. The monoisotopic (exact) mass is 183 g/mol. The summed E-state index contributed by atoms with van der Waals surface area (Å²) in [4.78, 5) is 11.0. The van der Waals surface area contributed by atoms with Crippen LogP contribution < -0.4 is 10.5 Å². The maximum Gasteiger partial charge on any atom is 0.177 e. The van der Waals surface area contributed by atoms with Gasteiger partial charge >= 0.3 is 0 Å². The van der Waals surface area contributed by atoms with Gasteiger partial charge in [0.05, 0.1) is 12.7 Å². The largest absolute Gasteiger partial charge is 0.494 e. The third-order valence-corrected chi connectivity index (χ3v) is 1.71. The number of Topliss-reactive ketones (excluding diaryl/α,β-unsaturated/α-hetero) is 1. The number of anilines is 1. The molecule has 0 aromatic heterocycles. The Labute approximate surface area is 75.3 Å². The number of halogens is 1. The van der Waals surface area contributed by atoms with Crippen molar-refractivity contribution in [2.24, 2.45) is 0 Å². The molecular formula is C9H10FNO2. The van der Waals surface area contributed by atoms with Crippen LogP contribution in [0.15, 0.2) is 12.1 Å². The lowest BCUT2D eigenvalue weighted by atomic mass is 10.1. The summed E-state index contributed by atoms with van der Waals surface area (Å²) in [6.07, 6.45) is 0. The number of ketones is 1. The zero-order valence-electron chi connectivity index (χ0n) is 7.43. The molecule has 0 bridgehead atoms. The first-order valence-corrected chi connectivity index (χ1v) is 3.70. The van der Waals surface area contributed by atoms with Gasteiger partial charge in [-0.1, -0.05) is 0 Å². The molecule has 1 aromatic rings. The number of rotatable bonds is 2. The molecule has 0 fully saturated rings. The van der Waals surface area contributed by atoms with Crippen molar-refractivity contribution < 1.29 is 13.9 Å². The zero-order valence-corrected chi connectivity index (χ0v) is 7.43. The van der Waals surface area contributed by atoms with Crippen molar-refractivity contribution >= 4 is 11.5 Å². The molecule has 13 heavy (non-hydrogen) atoms. The van der Waals surface area contributed by atoms with Crippen molar-refractivity contribution in [1.29, 1.82) is 0 Å². The Morgan fingerprint density at radius 2 is 2.15 bits per heavy atom. The Hall–Kier alpha value is -1.58. The van der Waals surface area contributed by atoms with Crippen LogP contribution in [-0.4, -0.2) is 12.9 Å². The number of nitrogen functional groups attached to an aromatic ring is 1. The molecule has 0 saturated carbocycles. The highest BCUT2D eigenvalue weighted by molar-refractivity contribution is 5.99. The molecule has 2 N–H and O–H groups in total. The van der Waals surface area contributed by atoms with Gasteiger partial charge in [0, 0.05) is 5.69 Å². The topological polar surface area (TPSA) is 52.3 Å². The molecule has 0 spiro atoms. The van der Waals surface area contributed by atoms with Gasteiger partial charge in [-0.3, -0.25) is 4.79 Å². The highest BCUT2D eigenvalue weighted by Gasteiger charge is 2.15. The van der Waals surface area contributed by atoms with Crippen LogP contribution in [0.5, 0.6) is 5.75 Å². The summed E-state index contributed by atoms with van der Waals surface area (Å²) < 4.78 is 18.1. The highest BCUT2D eigenvalue weighted by Crippen LogP contribution is 2.25. The fraction of sp³-hybridized carbons (Fsp3) is 0.222. The number of ether oxygens (including phenoxy) is 1.